The van der Waals surface area contributed by atoms with E-state index < -0.39 is 15.2 Å². The summed E-state index contributed by atoms with van der Waals surface area (Å²) < 4.78 is 21.7. The molecule has 132 valence electrons. The van der Waals surface area contributed by atoms with Gasteiger partial charge in [-0.1, -0.05) is 0 Å². The zero-order valence-electron chi connectivity index (χ0n) is 12.8. The van der Waals surface area contributed by atoms with Crippen LogP contribution < -0.4 is 0 Å². The Hall–Kier alpha value is -1.40. The van der Waals surface area contributed by atoms with Crippen LogP contribution in [0.25, 0.3) is 0 Å². The van der Waals surface area contributed by atoms with Crippen LogP contribution in [0.5, 0.6) is 0 Å². The minimum absolute atomic E-state index is 0.206. The predicted molar refractivity (Wildman–Crippen MR) is 90.8 cm³/mol. The van der Waals surface area contributed by atoms with E-state index in [2.05, 4.69) is 0 Å². The molecule has 0 spiro atoms. The van der Waals surface area contributed by atoms with Gasteiger partial charge in [0.1, 0.15) is 0 Å². The molecule has 4 N–H and O–H groups in total. The number of rotatable bonds is 6. The lowest BCUT2D eigenvalue weighted by atomic mass is 10.0. The average molecular weight is 374 g/mol. The second-order valence-corrected chi connectivity index (χ2v) is 8.98. The molecule has 0 aromatic rings. The van der Waals surface area contributed by atoms with Gasteiger partial charge in [0.25, 0.3) is 0 Å². The molecule has 0 bridgehead atoms. The van der Waals surface area contributed by atoms with Gasteiger partial charge in [-0.25, -0.2) is 0 Å². The minimum atomic E-state index is -4.00. The molecule has 10 heteroatoms. The summed E-state index contributed by atoms with van der Waals surface area (Å²) in [5.41, 5.74) is 1.87. The normalized spacial score (nSPS) is 18.0. The van der Waals surface area contributed by atoms with Crippen LogP contribution in [0.15, 0.2) is 60.3 Å². The largest absolute Gasteiger partial charge is 0.354 e. The van der Waals surface area contributed by atoms with Crippen LogP contribution in [0.4, 0.5) is 0 Å². The van der Waals surface area contributed by atoms with E-state index in [-0.39, 0.29) is 25.4 Å². The van der Waals surface area contributed by atoms with Crippen molar-refractivity contribution in [1.82, 2.24) is 9.80 Å². The molecular formula is C14H20N2O6P2. The molecule has 24 heavy (non-hydrogen) atoms. The van der Waals surface area contributed by atoms with Gasteiger partial charge in [-0.3, -0.25) is 9.13 Å². The summed E-state index contributed by atoms with van der Waals surface area (Å²) in [6.45, 7) is 0.476. The van der Waals surface area contributed by atoms with E-state index in [1.165, 1.54) is 0 Å². The zero-order valence-corrected chi connectivity index (χ0v) is 14.6. The Morgan fingerprint density at radius 2 is 0.958 bits per heavy atom. The highest BCUT2D eigenvalue weighted by Gasteiger charge is 2.16. The second kappa shape index (κ2) is 7.66. The number of hydrogen-bond donors (Lipinski definition) is 4. The highest BCUT2D eigenvalue weighted by Crippen LogP contribution is 2.34. The summed E-state index contributed by atoms with van der Waals surface area (Å²) in [5.74, 6) is 0. The van der Waals surface area contributed by atoms with E-state index in [0.717, 1.165) is 11.1 Å². The van der Waals surface area contributed by atoms with Gasteiger partial charge >= 0.3 is 15.2 Å². The van der Waals surface area contributed by atoms with E-state index in [0.29, 0.717) is 0 Å². The molecule has 8 nitrogen and oxygen atoms in total. The second-order valence-electron chi connectivity index (χ2n) is 5.43. The summed E-state index contributed by atoms with van der Waals surface area (Å²) >= 11 is 0. The van der Waals surface area contributed by atoms with Crippen LogP contribution >= 0.6 is 15.2 Å². The van der Waals surface area contributed by atoms with Gasteiger partial charge in [-0.05, 0) is 35.5 Å². The Labute approximate surface area is 140 Å². The summed E-state index contributed by atoms with van der Waals surface area (Å²) in [4.78, 5) is 38.9. The van der Waals surface area contributed by atoms with E-state index >= 15 is 0 Å². The third-order valence-electron chi connectivity index (χ3n) is 3.41. The van der Waals surface area contributed by atoms with E-state index in [4.69, 9.17) is 19.6 Å². The number of allylic oxidation sites excluding steroid dienone is 6. The van der Waals surface area contributed by atoms with Crippen molar-refractivity contribution in [2.24, 2.45) is 0 Å². The Morgan fingerprint density at radius 3 is 1.21 bits per heavy atom. The third kappa shape index (κ3) is 6.61. The summed E-state index contributed by atoms with van der Waals surface area (Å²) in [6.07, 6.45) is 14.0. The first kappa shape index (κ1) is 18.9. The van der Waals surface area contributed by atoms with Gasteiger partial charge in [0.2, 0.25) is 0 Å². The maximum absolute atomic E-state index is 10.9. The molecular weight excluding hydrogens is 354 g/mol. The molecule has 0 aromatic carbocycles. The van der Waals surface area contributed by atoms with E-state index in [9.17, 15) is 9.13 Å². The predicted octanol–water partition coefficient (Wildman–Crippen LogP) is 1.32. The molecule has 2 rings (SSSR count). The molecule has 2 aliphatic heterocycles. The van der Waals surface area contributed by atoms with Crippen molar-refractivity contribution in [2.75, 3.05) is 25.4 Å². The summed E-state index contributed by atoms with van der Waals surface area (Å²) in [5, 5.41) is 0. The topological polar surface area (TPSA) is 122 Å². The van der Waals surface area contributed by atoms with Crippen LogP contribution in [-0.2, 0) is 9.13 Å². The SMILES string of the molecule is O=P(O)(O)CCN1C=CC(=C2C=CN(CCP(=O)(O)O)C=C2)C=C1. The fraction of sp³-hybridized carbons (Fsp3) is 0.286. The monoisotopic (exact) mass is 374 g/mol. The molecule has 0 atom stereocenters. The van der Waals surface area contributed by atoms with Crippen LogP contribution in [0.2, 0.25) is 0 Å². The van der Waals surface area contributed by atoms with Gasteiger partial charge in [0.15, 0.2) is 0 Å². The zero-order chi connectivity index (χ0) is 17.8. The van der Waals surface area contributed by atoms with Crippen molar-refractivity contribution in [3.8, 4) is 0 Å². The Balaban J connectivity index is 1.92. The van der Waals surface area contributed by atoms with Crippen LogP contribution in [0.1, 0.15) is 0 Å². The van der Waals surface area contributed by atoms with Crippen molar-refractivity contribution in [2.45, 2.75) is 0 Å². The smallest absolute Gasteiger partial charge is 0.327 e. The van der Waals surface area contributed by atoms with Crippen molar-refractivity contribution < 1.29 is 28.7 Å². The maximum atomic E-state index is 10.9. The molecule has 0 aliphatic carbocycles. The fourth-order valence-electron chi connectivity index (χ4n) is 2.09. The molecule has 0 saturated carbocycles. The number of nitrogens with zero attached hydrogens (tertiary/aromatic N) is 2. The fourth-order valence-corrected chi connectivity index (χ4v) is 3.07. The molecule has 0 unspecified atom stereocenters. The lowest BCUT2D eigenvalue weighted by Crippen LogP contribution is -2.18. The Bertz CT molecular complexity index is 621. The third-order valence-corrected chi connectivity index (χ3v) is 4.98. The van der Waals surface area contributed by atoms with Gasteiger partial charge < -0.3 is 29.4 Å². The molecule has 2 aliphatic rings. The standard InChI is InChI=1S/C14H20N2O6P2/c17-23(18,19)11-9-15-5-1-13(2-6-15)14-3-7-16(8-4-14)10-12-24(20,21)22/h1-8H,9-12H2,(H2,17,18,19)(H2,20,21,22). The lowest BCUT2D eigenvalue weighted by molar-refractivity contribution is 0.363. The van der Waals surface area contributed by atoms with Gasteiger partial charge in [0, 0.05) is 37.9 Å². The summed E-state index contributed by atoms with van der Waals surface area (Å²) in [6, 6.07) is 0. The van der Waals surface area contributed by atoms with Crippen molar-refractivity contribution >= 4 is 15.2 Å². The first-order valence-electron chi connectivity index (χ1n) is 7.20. The van der Waals surface area contributed by atoms with Crippen LogP contribution in [0, 0.1) is 0 Å². The Morgan fingerprint density at radius 1 is 0.667 bits per heavy atom. The lowest BCUT2D eigenvalue weighted by Gasteiger charge is -2.22. The van der Waals surface area contributed by atoms with Crippen LogP contribution in [-0.4, -0.2) is 54.8 Å². The minimum Gasteiger partial charge on any atom is -0.354 e. The van der Waals surface area contributed by atoms with Crippen molar-refractivity contribution in [1.29, 1.82) is 0 Å². The van der Waals surface area contributed by atoms with Crippen molar-refractivity contribution in [3.63, 3.8) is 0 Å². The maximum Gasteiger partial charge on any atom is 0.327 e. The highest BCUT2D eigenvalue weighted by atomic mass is 31.2. The molecule has 2 heterocycles. The van der Waals surface area contributed by atoms with E-state index in [1.54, 1.807) is 34.6 Å². The van der Waals surface area contributed by atoms with Gasteiger partial charge in [0.05, 0.1) is 12.3 Å². The first-order valence-corrected chi connectivity index (χ1v) is 10.8. The Kier molecular flexibility index (Phi) is 6.04. The average Bonchev–Trinajstić information content (AvgIpc) is 2.51. The highest BCUT2D eigenvalue weighted by molar-refractivity contribution is 7.52. The summed E-state index contributed by atoms with van der Waals surface area (Å²) in [7, 11) is -8.01. The van der Waals surface area contributed by atoms with Gasteiger partial charge in [-0.2, -0.15) is 0 Å². The molecule has 0 radical (unpaired) electrons. The van der Waals surface area contributed by atoms with Gasteiger partial charge in [-0.15, -0.1) is 0 Å². The molecule has 0 saturated heterocycles. The number of hydrogen-bond acceptors (Lipinski definition) is 4. The van der Waals surface area contributed by atoms with E-state index in [1.807, 2.05) is 24.3 Å². The quantitative estimate of drug-likeness (QED) is 0.514. The van der Waals surface area contributed by atoms with Crippen LogP contribution in [0.3, 0.4) is 0 Å². The molecule has 0 amide bonds. The first-order chi connectivity index (χ1) is 11.1. The van der Waals surface area contributed by atoms with Crippen molar-refractivity contribution in [3.05, 3.63) is 60.3 Å². The molecule has 0 aromatic heterocycles. The molecule has 0 fully saturated rings.